The SMILES string of the molecule is C[C@H](Nc1ncnc2scnc12)c1cc2cccc(-c3cccc(CNOC(=O)C(F)(F)F)c3)c2c(=O)n1-c1ccccc1. The molecule has 0 aliphatic heterocycles. The molecule has 0 aliphatic carbocycles. The fraction of sp³-hybridized carbons (Fsp3) is 0.129. The van der Waals surface area contributed by atoms with Crippen molar-refractivity contribution >= 4 is 44.2 Å². The Morgan fingerprint density at radius 3 is 2.59 bits per heavy atom. The fourth-order valence-corrected chi connectivity index (χ4v) is 5.58. The Morgan fingerprint density at radius 1 is 1.00 bits per heavy atom. The van der Waals surface area contributed by atoms with E-state index < -0.39 is 12.1 Å². The van der Waals surface area contributed by atoms with Gasteiger partial charge < -0.3 is 10.2 Å². The zero-order chi connectivity index (χ0) is 30.8. The lowest BCUT2D eigenvalue weighted by Gasteiger charge is -2.22. The van der Waals surface area contributed by atoms with E-state index in [2.05, 4.69) is 30.6 Å². The maximum absolute atomic E-state index is 14.4. The highest BCUT2D eigenvalue weighted by molar-refractivity contribution is 7.16. The maximum atomic E-state index is 14.4. The molecule has 9 nitrogen and oxygen atoms in total. The van der Waals surface area contributed by atoms with E-state index in [0.29, 0.717) is 50.2 Å². The number of aromatic nitrogens is 4. The van der Waals surface area contributed by atoms with Crippen molar-refractivity contribution in [2.45, 2.75) is 25.7 Å². The molecule has 0 aliphatic rings. The van der Waals surface area contributed by atoms with Crippen molar-refractivity contribution in [2.75, 3.05) is 5.32 Å². The van der Waals surface area contributed by atoms with Crippen molar-refractivity contribution < 1.29 is 22.8 Å². The summed E-state index contributed by atoms with van der Waals surface area (Å²) >= 11 is 1.41. The standard InChI is InChI=1S/C31H23F3N6O3S/c1-18(39-27-26-28(36-16-35-27)44-17-37-26)24-14-21-9-6-12-23(25(21)29(41)40(24)22-10-3-2-4-11-22)20-8-5-7-19(13-20)15-38-43-30(42)31(32,33)34/h2-14,16-18,38H,15H2,1H3,(H,35,36,39)/t18-/m0/s1. The Labute approximate surface area is 252 Å². The zero-order valence-electron chi connectivity index (χ0n) is 23.0. The first-order valence-corrected chi connectivity index (χ1v) is 14.2. The average molecular weight is 617 g/mol. The second-order valence-corrected chi connectivity index (χ2v) is 10.7. The largest absolute Gasteiger partial charge is 0.492 e. The van der Waals surface area contributed by atoms with Gasteiger partial charge in [0, 0.05) is 11.4 Å². The number of thiazole rings is 1. The van der Waals surface area contributed by atoms with E-state index in [1.807, 2.05) is 61.5 Å². The van der Waals surface area contributed by atoms with Crippen LogP contribution in [0.4, 0.5) is 19.0 Å². The quantitative estimate of drug-likeness (QED) is 0.191. The summed E-state index contributed by atoms with van der Waals surface area (Å²) in [5.74, 6) is -1.78. The fourth-order valence-electron chi connectivity index (χ4n) is 4.96. The number of rotatable bonds is 8. The number of anilines is 1. The summed E-state index contributed by atoms with van der Waals surface area (Å²) in [6, 6.07) is 23.3. The topological polar surface area (TPSA) is 111 Å². The lowest BCUT2D eigenvalue weighted by Crippen LogP contribution is -2.31. The molecule has 222 valence electrons. The number of para-hydroxylation sites is 1. The summed E-state index contributed by atoms with van der Waals surface area (Å²) in [5, 5.41) is 4.56. The molecular weight excluding hydrogens is 593 g/mol. The molecule has 3 aromatic carbocycles. The number of alkyl halides is 3. The monoisotopic (exact) mass is 616 g/mol. The van der Waals surface area contributed by atoms with Crippen LogP contribution in [-0.4, -0.2) is 31.7 Å². The number of nitrogens with zero attached hydrogens (tertiary/aromatic N) is 4. The number of hydroxylamine groups is 1. The van der Waals surface area contributed by atoms with Gasteiger partial charge in [0.15, 0.2) is 5.82 Å². The Bertz CT molecular complexity index is 2050. The molecule has 0 fully saturated rings. The van der Waals surface area contributed by atoms with E-state index in [-0.39, 0.29) is 18.1 Å². The first kappa shape index (κ1) is 29.0. The Kier molecular flexibility index (Phi) is 7.80. The molecule has 3 aromatic heterocycles. The highest BCUT2D eigenvalue weighted by Gasteiger charge is 2.41. The summed E-state index contributed by atoms with van der Waals surface area (Å²) in [6.07, 6.45) is -3.64. The van der Waals surface area contributed by atoms with Gasteiger partial charge in [-0.3, -0.25) is 9.36 Å². The van der Waals surface area contributed by atoms with E-state index in [0.717, 1.165) is 4.83 Å². The highest BCUT2D eigenvalue weighted by atomic mass is 32.1. The lowest BCUT2D eigenvalue weighted by molar-refractivity contribution is -0.207. The van der Waals surface area contributed by atoms with Gasteiger partial charge in [-0.25, -0.2) is 19.7 Å². The summed E-state index contributed by atoms with van der Waals surface area (Å²) in [5.41, 5.74) is 7.36. The van der Waals surface area contributed by atoms with Crippen LogP contribution >= 0.6 is 11.3 Å². The Hall–Kier alpha value is -5.14. The summed E-state index contributed by atoms with van der Waals surface area (Å²) in [7, 11) is 0. The van der Waals surface area contributed by atoms with Gasteiger partial charge >= 0.3 is 12.1 Å². The van der Waals surface area contributed by atoms with Crippen LogP contribution in [0.25, 0.3) is 37.9 Å². The molecule has 1 atom stereocenters. The van der Waals surface area contributed by atoms with Crippen LogP contribution < -0.4 is 16.4 Å². The number of pyridine rings is 1. The van der Waals surface area contributed by atoms with Gasteiger partial charge in [-0.05, 0) is 53.3 Å². The van der Waals surface area contributed by atoms with E-state index in [9.17, 15) is 22.8 Å². The molecule has 13 heteroatoms. The minimum absolute atomic E-state index is 0.169. The number of halogens is 3. The van der Waals surface area contributed by atoms with Crippen molar-refractivity contribution in [2.24, 2.45) is 0 Å². The number of benzene rings is 3. The van der Waals surface area contributed by atoms with E-state index in [4.69, 9.17) is 0 Å². The van der Waals surface area contributed by atoms with Crippen molar-refractivity contribution in [3.8, 4) is 16.8 Å². The van der Waals surface area contributed by atoms with Gasteiger partial charge in [-0.2, -0.15) is 13.2 Å². The third-order valence-corrected chi connectivity index (χ3v) is 7.66. The molecule has 0 spiro atoms. The van der Waals surface area contributed by atoms with Crippen LogP contribution in [0.2, 0.25) is 0 Å². The Balaban J connectivity index is 1.42. The number of hydrogen-bond acceptors (Lipinski definition) is 9. The van der Waals surface area contributed by atoms with Crippen LogP contribution in [0, 0.1) is 0 Å². The van der Waals surface area contributed by atoms with Crippen LogP contribution in [0.3, 0.4) is 0 Å². The van der Waals surface area contributed by atoms with Gasteiger partial charge in [0.2, 0.25) is 0 Å². The number of carbonyl (C=O) groups excluding carboxylic acids is 1. The van der Waals surface area contributed by atoms with Gasteiger partial charge in [0.1, 0.15) is 16.7 Å². The lowest BCUT2D eigenvalue weighted by atomic mass is 9.96. The number of fused-ring (bicyclic) bond motifs is 2. The first-order chi connectivity index (χ1) is 21.2. The molecule has 0 saturated heterocycles. The molecule has 3 heterocycles. The molecular formula is C31H23F3N6O3S. The minimum Gasteiger partial charge on any atom is -0.363 e. The predicted octanol–water partition coefficient (Wildman–Crippen LogP) is 6.34. The van der Waals surface area contributed by atoms with Gasteiger partial charge in [-0.1, -0.05) is 54.6 Å². The molecule has 44 heavy (non-hydrogen) atoms. The van der Waals surface area contributed by atoms with Crippen LogP contribution in [-0.2, 0) is 16.2 Å². The van der Waals surface area contributed by atoms with E-state index in [1.165, 1.54) is 17.7 Å². The van der Waals surface area contributed by atoms with Crippen molar-refractivity contribution in [3.05, 3.63) is 112 Å². The van der Waals surface area contributed by atoms with Crippen LogP contribution in [0.5, 0.6) is 0 Å². The van der Waals surface area contributed by atoms with E-state index in [1.54, 1.807) is 34.3 Å². The average Bonchev–Trinajstić information content (AvgIpc) is 3.51. The summed E-state index contributed by atoms with van der Waals surface area (Å²) in [4.78, 5) is 43.4. The predicted molar refractivity (Wildman–Crippen MR) is 161 cm³/mol. The second kappa shape index (κ2) is 11.9. The van der Waals surface area contributed by atoms with Crippen LogP contribution in [0.15, 0.2) is 95.5 Å². The van der Waals surface area contributed by atoms with Gasteiger partial charge in [-0.15, -0.1) is 16.8 Å². The second-order valence-electron chi connectivity index (χ2n) is 9.82. The highest BCUT2D eigenvalue weighted by Crippen LogP contribution is 2.31. The molecule has 6 aromatic rings. The van der Waals surface area contributed by atoms with Crippen molar-refractivity contribution in [3.63, 3.8) is 0 Å². The number of hydrogen-bond donors (Lipinski definition) is 2. The first-order valence-electron chi connectivity index (χ1n) is 13.4. The molecule has 6 rings (SSSR count). The third-order valence-electron chi connectivity index (χ3n) is 6.93. The van der Waals surface area contributed by atoms with E-state index >= 15 is 0 Å². The normalized spacial score (nSPS) is 12.4. The van der Waals surface area contributed by atoms with Crippen LogP contribution in [0.1, 0.15) is 24.2 Å². The molecule has 0 unspecified atom stereocenters. The minimum atomic E-state index is -5.11. The third kappa shape index (κ3) is 5.74. The van der Waals surface area contributed by atoms with Gasteiger partial charge in [0.05, 0.1) is 23.5 Å². The number of carbonyl (C=O) groups is 1. The molecule has 0 amide bonds. The van der Waals surface area contributed by atoms with Crippen molar-refractivity contribution in [1.29, 1.82) is 0 Å². The maximum Gasteiger partial charge on any atom is 0.492 e. The molecule has 0 bridgehead atoms. The Morgan fingerprint density at radius 2 is 1.80 bits per heavy atom. The number of nitrogens with one attached hydrogen (secondary N) is 2. The van der Waals surface area contributed by atoms with Crippen molar-refractivity contribution in [1.82, 2.24) is 25.0 Å². The van der Waals surface area contributed by atoms with Gasteiger partial charge in [0.25, 0.3) is 5.56 Å². The molecule has 0 radical (unpaired) electrons. The molecule has 0 saturated carbocycles. The molecule has 2 N–H and O–H groups in total. The smallest absolute Gasteiger partial charge is 0.363 e. The summed E-state index contributed by atoms with van der Waals surface area (Å²) < 4.78 is 39.1. The summed E-state index contributed by atoms with van der Waals surface area (Å²) in [6.45, 7) is 1.77. The zero-order valence-corrected chi connectivity index (χ0v) is 23.8.